The second-order valence-electron chi connectivity index (χ2n) is 8.38. The maximum absolute atomic E-state index is 13.7. The van der Waals surface area contributed by atoms with Crippen molar-refractivity contribution in [3.63, 3.8) is 0 Å². The van der Waals surface area contributed by atoms with Crippen LogP contribution in [-0.4, -0.2) is 9.55 Å². The lowest BCUT2D eigenvalue weighted by molar-refractivity contribution is 0.591. The third-order valence-electron chi connectivity index (χ3n) is 5.66. The molecule has 4 aromatic rings. The molecule has 170 valence electrons. The van der Waals surface area contributed by atoms with E-state index in [1.54, 1.807) is 30.0 Å². The van der Waals surface area contributed by atoms with Gasteiger partial charge in [0.05, 0.1) is 21.9 Å². The highest BCUT2D eigenvalue weighted by molar-refractivity contribution is 7.98. The second kappa shape index (κ2) is 9.71. The average Bonchev–Trinajstić information content (AvgIpc) is 3.20. The van der Waals surface area contributed by atoms with Gasteiger partial charge in [0, 0.05) is 21.9 Å². The monoisotopic (exact) mass is 518 g/mol. The number of hydrogen-bond acceptors (Lipinski definition) is 2. The standard InChI is InChI=1S/C26H22Cl3FN2S/c1-16-4-5-17(22(28)12-16)15-33-25-31-14-24(32(25)20-9-7-19(30)8-10-20)26(2,3)18-6-11-21(27)23(29)13-18/h4-14H,15H2,1-3H3. The lowest BCUT2D eigenvalue weighted by Crippen LogP contribution is -2.23. The first-order valence-corrected chi connectivity index (χ1v) is 12.5. The molecule has 1 aromatic heterocycles. The highest BCUT2D eigenvalue weighted by Crippen LogP contribution is 2.39. The molecule has 0 radical (unpaired) electrons. The Hall–Kier alpha value is -1.98. The van der Waals surface area contributed by atoms with E-state index in [0.29, 0.717) is 15.8 Å². The highest BCUT2D eigenvalue weighted by atomic mass is 35.5. The zero-order valence-electron chi connectivity index (χ0n) is 18.4. The normalized spacial score (nSPS) is 11.7. The van der Waals surface area contributed by atoms with Crippen molar-refractivity contribution in [2.75, 3.05) is 0 Å². The predicted octanol–water partition coefficient (Wildman–Crippen LogP) is 8.90. The first kappa shape index (κ1) is 24.2. The summed E-state index contributed by atoms with van der Waals surface area (Å²) in [5, 5.41) is 2.54. The van der Waals surface area contributed by atoms with Crippen molar-refractivity contribution in [3.05, 3.63) is 110 Å². The van der Waals surface area contributed by atoms with Gasteiger partial charge in [-0.25, -0.2) is 9.37 Å². The second-order valence-corrected chi connectivity index (χ2v) is 10.5. The van der Waals surface area contributed by atoms with Crippen LogP contribution >= 0.6 is 46.6 Å². The molecular weight excluding hydrogens is 498 g/mol. The zero-order chi connectivity index (χ0) is 23.8. The van der Waals surface area contributed by atoms with E-state index >= 15 is 0 Å². The fraction of sp³-hybridized carbons (Fsp3) is 0.192. The van der Waals surface area contributed by atoms with Gasteiger partial charge in [-0.3, -0.25) is 4.57 Å². The summed E-state index contributed by atoms with van der Waals surface area (Å²) in [5.74, 6) is 0.369. The van der Waals surface area contributed by atoms with E-state index in [2.05, 4.69) is 18.4 Å². The maximum atomic E-state index is 13.7. The van der Waals surface area contributed by atoms with Gasteiger partial charge in [-0.15, -0.1) is 0 Å². The van der Waals surface area contributed by atoms with Crippen molar-refractivity contribution >= 4 is 46.6 Å². The summed E-state index contributed by atoms with van der Waals surface area (Å²) in [6.07, 6.45) is 1.87. The smallest absolute Gasteiger partial charge is 0.173 e. The van der Waals surface area contributed by atoms with E-state index in [1.807, 2.05) is 43.5 Å². The van der Waals surface area contributed by atoms with Crippen molar-refractivity contribution in [2.24, 2.45) is 0 Å². The van der Waals surface area contributed by atoms with Crippen LogP contribution in [0, 0.1) is 12.7 Å². The fourth-order valence-electron chi connectivity index (χ4n) is 3.66. The summed E-state index contributed by atoms with van der Waals surface area (Å²) in [5.41, 5.74) is 4.48. The van der Waals surface area contributed by atoms with Crippen LogP contribution in [0.5, 0.6) is 0 Å². The number of benzene rings is 3. The molecule has 4 rings (SSSR count). The van der Waals surface area contributed by atoms with E-state index in [1.165, 1.54) is 12.1 Å². The van der Waals surface area contributed by atoms with Gasteiger partial charge in [0.1, 0.15) is 5.82 Å². The summed E-state index contributed by atoms with van der Waals surface area (Å²) in [7, 11) is 0. The number of rotatable bonds is 6. The summed E-state index contributed by atoms with van der Waals surface area (Å²) in [6, 6.07) is 18.1. The Morgan fingerprint density at radius 3 is 2.30 bits per heavy atom. The Kier molecular flexibility index (Phi) is 7.11. The Morgan fingerprint density at radius 1 is 0.909 bits per heavy atom. The molecule has 0 atom stereocenters. The molecule has 0 unspecified atom stereocenters. The highest BCUT2D eigenvalue weighted by Gasteiger charge is 2.30. The molecule has 2 nitrogen and oxygen atoms in total. The van der Waals surface area contributed by atoms with Gasteiger partial charge >= 0.3 is 0 Å². The zero-order valence-corrected chi connectivity index (χ0v) is 21.5. The molecule has 1 heterocycles. The number of hydrogen-bond donors (Lipinski definition) is 0. The van der Waals surface area contributed by atoms with Crippen LogP contribution in [-0.2, 0) is 11.2 Å². The molecule has 3 aromatic carbocycles. The molecular formula is C26H22Cl3FN2S. The maximum Gasteiger partial charge on any atom is 0.173 e. The molecule has 0 spiro atoms. The number of aromatic nitrogens is 2. The molecule has 7 heteroatoms. The molecule has 0 N–H and O–H groups in total. The predicted molar refractivity (Wildman–Crippen MR) is 138 cm³/mol. The molecule has 0 bridgehead atoms. The van der Waals surface area contributed by atoms with E-state index in [4.69, 9.17) is 39.8 Å². The van der Waals surface area contributed by atoms with Crippen molar-refractivity contribution in [1.82, 2.24) is 9.55 Å². The van der Waals surface area contributed by atoms with Gasteiger partial charge in [0.2, 0.25) is 0 Å². The van der Waals surface area contributed by atoms with Crippen molar-refractivity contribution < 1.29 is 4.39 Å². The van der Waals surface area contributed by atoms with Gasteiger partial charge in [-0.05, 0) is 66.1 Å². The molecule has 0 fully saturated rings. The van der Waals surface area contributed by atoms with Crippen LogP contribution in [0.2, 0.25) is 15.1 Å². The fourth-order valence-corrected chi connectivity index (χ4v) is 5.34. The minimum absolute atomic E-state index is 0.287. The van der Waals surface area contributed by atoms with E-state index in [-0.39, 0.29) is 5.82 Å². The largest absolute Gasteiger partial charge is 0.291 e. The number of aryl methyl sites for hydroxylation is 1. The van der Waals surface area contributed by atoms with Gasteiger partial charge in [0.15, 0.2) is 5.16 Å². The molecule has 0 saturated heterocycles. The number of thioether (sulfide) groups is 1. The van der Waals surface area contributed by atoms with E-state index < -0.39 is 5.41 Å². The summed E-state index contributed by atoms with van der Waals surface area (Å²) < 4.78 is 15.7. The van der Waals surface area contributed by atoms with Gasteiger partial charge < -0.3 is 0 Å². The van der Waals surface area contributed by atoms with Crippen LogP contribution in [0.15, 0.2) is 72.0 Å². The van der Waals surface area contributed by atoms with Crippen molar-refractivity contribution in [3.8, 4) is 5.69 Å². The first-order chi connectivity index (χ1) is 15.7. The lowest BCUT2D eigenvalue weighted by Gasteiger charge is -2.28. The summed E-state index contributed by atoms with van der Waals surface area (Å²) in [4.78, 5) is 4.74. The molecule has 0 aliphatic carbocycles. The SMILES string of the molecule is Cc1ccc(CSc2ncc(C(C)(C)c3ccc(Cl)c(Cl)c3)n2-c2ccc(F)cc2)c(Cl)c1. The summed E-state index contributed by atoms with van der Waals surface area (Å²) >= 11 is 20.5. The average molecular weight is 520 g/mol. The Morgan fingerprint density at radius 2 is 1.64 bits per heavy atom. The topological polar surface area (TPSA) is 17.8 Å². The molecule has 33 heavy (non-hydrogen) atoms. The van der Waals surface area contributed by atoms with E-state index in [0.717, 1.165) is 38.3 Å². The Labute approximate surface area is 212 Å². The minimum Gasteiger partial charge on any atom is -0.291 e. The molecule has 0 saturated carbocycles. The quantitative estimate of drug-likeness (QED) is 0.237. The van der Waals surface area contributed by atoms with Crippen LogP contribution in [0.3, 0.4) is 0 Å². The Balaban J connectivity index is 1.78. The van der Waals surface area contributed by atoms with E-state index in [9.17, 15) is 4.39 Å². The minimum atomic E-state index is -0.448. The van der Waals surface area contributed by atoms with Crippen LogP contribution in [0.4, 0.5) is 4.39 Å². The molecule has 0 aliphatic rings. The van der Waals surface area contributed by atoms with Gasteiger partial charge in [0.25, 0.3) is 0 Å². The number of nitrogens with zero attached hydrogens (tertiary/aromatic N) is 2. The molecule has 0 aliphatic heterocycles. The van der Waals surface area contributed by atoms with Crippen LogP contribution < -0.4 is 0 Å². The third kappa shape index (κ3) is 5.09. The Bertz CT molecular complexity index is 1300. The summed E-state index contributed by atoms with van der Waals surface area (Å²) in [6.45, 7) is 6.23. The van der Waals surface area contributed by atoms with Crippen LogP contribution in [0.1, 0.15) is 36.2 Å². The van der Waals surface area contributed by atoms with Crippen molar-refractivity contribution in [1.29, 1.82) is 0 Å². The van der Waals surface area contributed by atoms with Crippen LogP contribution in [0.25, 0.3) is 5.69 Å². The molecule has 0 amide bonds. The number of imidazole rings is 1. The van der Waals surface area contributed by atoms with Crippen molar-refractivity contribution in [2.45, 2.75) is 37.1 Å². The van der Waals surface area contributed by atoms with Gasteiger partial charge in [-0.1, -0.05) is 78.6 Å². The van der Waals surface area contributed by atoms with Gasteiger partial charge in [-0.2, -0.15) is 0 Å². The first-order valence-electron chi connectivity index (χ1n) is 10.3. The lowest BCUT2D eigenvalue weighted by atomic mass is 9.81. The number of halogens is 4. The third-order valence-corrected chi connectivity index (χ3v) is 7.75.